The lowest BCUT2D eigenvalue weighted by molar-refractivity contribution is 0.141. The Morgan fingerprint density at radius 3 is 2.76 bits per heavy atom. The highest BCUT2D eigenvalue weighted by Crippen LogP contribution is 2.19. The highest BCUT2D eigenvalue weighted by atomic mass is 16.2. The average Bonchev–Trinajstić information content (AvgIpc) is 2.63. The summed E-state index contributed by atoms with van der Waals surface area (Å²) in [6.07, 6.45) is 5.12. The van der Waals surface area contributed by atoms with Crippen LogP contribution in [0.4, 0.5) is 10.5 Å². The number of anilines is 1. The summed E-state index contributed by atoms with van der Waals surface area (Å²) in [4.78, 5) is 14.7. The molecule has 1 aromatic carbocycles. The molecule has 138 valence electrons. The number of aryl methyl sites for hydroxylation is 1. The van der Waals surface area contributed by atoms with Crippen LogP contribution < -0.4 is 16.0 Å². The summed E-state index contributed by atoms with van der Waals surface area (Å²) in [7, 11) is 0. The molecule has 2 saturated heterocycles. The van der Waals surface area contributed by atoms with Gasteiger partial charge in [-0.2, -0.15) is 0 Å². The Hall–Kier alpha value is -1.59. The van der Waals surface area contributed by atoms with Crippen molar-refractivity contribution < 1.29 is 4.79 Å². The van der Waals surface area contributed by atoms with Gasteiger partial charge in [0.05, 0.1) is 0 Å². The van der Waals surface area contributed by atoms with Gasteiger partial charge in [0.1, 0.15) is 0 Å². The van der Waals surface area contributed by atoms with E-state index in [1.165, 1.54) is 57.4 Å². The summed E-state index contributed by atoms with van der Waals surface area (Å²) in [5.74, 6) is 1.36. The van der Waals surface area contributed by atoms with Crippen LogP contribution in [0.15, 0.2) is 24.3 Å². The Labute approximate surface area is 151 Å². The van der Waals surface area contributed by atoms with Gasteiger partial charge in [-0.25, -0.2) is 4.79 Å². The molecule has 0 bridgehead atoms. The molecule has 0 radical (unpaired) electrons. The van der Waals surface area contributed by atoms with Gasteiger partial charge in [0.15, 0.2) is 0 Å². The first-order valence-corrected chi connectivity index (χ1v) is 9.73. The van der Waals surface area contributed by atoms with Gasteiger partial charge < -0.3 is 20.9 Å². The van der Waals surface area contributed by atoms with Crippen LogP contribution in [-0.2, 0) is 0 Å². The number of carbonyl (C=O) groups is 1. The van der Waals surface area contributed by atoms with E-state index in [1.807, 2.05) is 31.2 Å². The molecule has 2 fully saturated rings. The SMILES string of the molecule is Cc1ccc(NC(=O)NCC2CCCN(CC3CCCNC3)C2)cc1. The third-order valence-corrected chi connectivity index (χ3v) is 5.38. The number of nitrogens with one attached hydrogen (secondary N) is 3. The molecule has 3 rings (SSSR count). The maximum absolute atomic E-state index is 12.1. The van der Waals surface area contributed by atoms with Gasteiger partial charge in [-0.15, -0.1) is 0 Å². The van der Waals surface area contributed by atoms with Gasteiger partial charge in [0.25, 0.3) is 0 Å². The Bertz CT molecular complexity index is 539. The highest BCUT2D eigenvalue weighted by Gasteiger charge is 2.23. The third-order valence-electron chi connectivity index (χ3n) is 5.38. The predicted octanol–water partition coefficient (Wildman–Crippen LogP) is 2.83. The molecule has 1 aromatic rings. The van der Waals surface area contributed by atoms with Crippen LogP contribution in [-0.4, -0.2) is 50.2 Å². The van der Waals surface area contributed by atoms with Crippen LogP contribution in [0.2, 0.25) is 0 Å². The van der Waals surface area contributed by atoms with Crippen molar-refractivity contribution in [3.8, 4) is 0 Å². The van der Waals surface area contributed by atoms with Gasteiger partial charge in [0.2, 0.25) is 0 Å². The smallest absolute Gasteiger partial charge is 0.319 e. The number of nitrogens with zero attached hydrogens (tertiary/aromatic N) is 1. The summed E-state index contributed by atoms with van der Waals surface area (Å²) in [6.45, 7) is 8.68. The molecule has 2 aliphatic rings. The van der Waals surface area contributed by atoms with Crippen molar-refractivity contribution >= 4 is 11.7 Å². The molecule has 2 amide bonds. The van der Waals surface area contributed by atoms with Crippen LogP contribution >= 0.6 is 0 Å². The van der Waals surface area contributed by atoms with Crippen molar-refractivity contribution in [3.63, 3.8) is 0 Å². The molecule has 2 unspecified atom stereocenters. The second kappa shape index (κ2) is 9.20. The molecule has 0 spiro atoms. The number of carbonyl (C=O) groups excluding carboxylic acids is 1. The number of likely N-dealkylation sites (tertiary alicyclic amines) is 1. The van der Waals surface area contributed by atoms with Crippen molar-refractivity contribution in [2.75, 3.05) is 44.6 Å². The summed E-state index contributed by atoms with van der Waals surface area (Å²) in [5, 5.41) is 9.47. The number of urea groups is 1. The fraction of sp³-hybridized carbons (Fsp3) is 0.650. The maximum atomic E-state index is 12.1. The molecule has 25 heavy (non-hydrogen) atoms. The summed E-state index contributed by atoms with van der Waals surface area (Å²) < 4.78 is 0. The third kappa shape index (κ3) is 6.01. The predicted molar refractivity (Wildman–Crippen MR) is 103 cm³/mol. The minimum Gasteiger partial charge on any atom is -0.338 e. The Morgan fingerprint density at radius 2 is 2.00 bits per heavy atom. The lowest BCUT2D eigenvalue weighted by Crippen LogP contribution is -2.45. The Kier molecular flexibility index (Phi) is 6.70. The van der Waals surface area contributed by atoms with Crippen molar-refractivity contribution in [2.45, 2.75) is 32.6 Å². The molecule has 0 saturated carbocycles. The fourth-order valence-corrected chi connectivity index (χ4v) is 3.98. The number of amides is 2. The first kappa shape index (κ1) is 18.2. The largest absolute Gasteiger partial charge is 0.338 e. The summed E-state index contributed by atoms with van der Waals surface area (Å²) >= 11 is 0. The first-order valence-electron chi connectivity index (χ1n) is 9.73. The number of hydrogen-bond acceptors (Lipinski definition) is 3. The number of hydrogen-bond donors (Lipinski definition) is 3. The zero-order chi connectivity index (χ0) is 17.5. The topological polar surface area (TPSA) is 56.4 Å². The van der Waals surface area contributed by atoms with E-state index in [0.29, 0.717) is 5.92 Å². The highest BCUT2D eigenvalue weighted by molar-refractivity contribution is 5.89. The van der Waals surface area contributed by atoms with Crippen LogP contribution in [0, 0.1) is 18.8 Å². The molecule has 0 aromatic heterocycles. The van der Waals surface area contributed by atoms with Crippen LogP contribution in [0.3, 0.4) is 0 Å². The lowest BCUT2D eigenvalue weighted by Gasteiger charge is -2.36. The maximum Gasteiger partial charge on any atom is 0.319 e. The van der Waals surface area contributed by atoms with E-state index in [0.717, 1.165) is 24.7 Å². The molecular formula is C20H32N4O. The van der Waals surface area contributed by atoms with E-state index in [4.69, 9.17) is 0 Å². The van der Waals surface area contributed by atoms with E-state index < -0.39 is 0 Å². The van der Waals surface area contributed by atoms with E-state index >= 15 is 0 Å². The normalized spacial score (nSPS) is 24.7. The second-order valence-corrected chi connectivity index (χ2v) is 7.68. The lowest BCUT2D eigenvalue weighted by atomic mass is 9.94. The fourth-order valence-electron chi connectivity index (χ4n) is 3.98. The number of benzene rings is 1. The molecule has 0 aliphatic carbocycles. The monoisotopic (exact) mass is 344 g/mol. The van der Waals surface area contributed by atoms with Gasteiger partial charge in [-0.05, 0) is 76.2 Å². The van der Waals surface area contributed by atoms with E-state index in [2.05, 4.69) is 20.9 Å². The first-order chi connectivity index (χ1) is 12.2. The number of rotatable bonds is 5. The van der Waals surface area contributed by atoms with Crippen LogP contribution in [0.5, 0.6) is 0 Å². The van der Waals surface area contributed by atoms with Crippen molar-refractivity contribution in [3.05, 3.63) is 29.8 Å². The molecule has 3 N–H and O–H groups in total. The minimum atomic E-state index is -0.0996. The molecule has 5 heteroatoms. The summed E-state index contributed by atoms with van der Waals surface area (Å²) in [6, 6.07) is 7.80. The Balaban J connectivity index is 1.38. The standard InChI is InChI=1S/C20H32N4O/c1-16-6-8-19(9-7-16)23-20(25)22-13-18-5-3-11-24(15-18)14-17-4-2-10-21-12-17/h6-9,17-18,21H,2-5,10-15H2,1H3,(H2,22,23,25). The van der Waals surface area contributed by atoms with Gasteiger partial charge in [-0.3, -0.25) is 0 Å². The van der Waals surface area contributed by atoms with Gasteiger partial charge >= 0.3 is 6.03 Å². The molecule has 2 atom stereocenters. The minimum absolute atomic E-state index is 0.0996. The van der Waals surface area contributed by atoms with E-state index in [9.17, 15) is 4.79 Å². The van der Waals surface area contributed by atoms with Crippen molar-refractivity contribution in [2.24, 2.45) is 11.8 Å². The van der Waals surface area contributed by atoms with Crippen molar-refractivity contribution in [1.29, 1.82) is 0 Å². The van der Waals surface area contributed by atoms with Gasteiger partial charge in [0, 0.05) is 25.3 Å². The zero-order valence-corrected chi connectivity index (χ0v) is 15.4. The van der Waals surface area contributed by atoms with E-state index in [1.54, 1.807) is 0 Å². The summed E-state index contributed by atoms with van der Waals surface area (Å²) in [5.41, 5.74) is 2.04. The van der Waals surface area contributed by atoms with Crippen LogP contribution in [0.1, 0.15) is 31.2 Å². The van der Waals surface area contributed by atoms with Crippen LogP contribution in [0.25, 0.3) is 0 Å². The quantitative estimate of drug-likeness (QED) is 0.770. The number of piperidine rings is 2. The molecule has 2 aliphatic heterocycles. The second-order valence-electron chi connectivity index (χ2n) is 7.68. The van der Waals surface area contributed by atoms with Crippen molar-refractivity contribution in [1.82, 2.24) is 15.5 Å². The average molecular weight is 345 g/mol. The molecular weight excluding hydrogens is 312 g/mol. The van der Waals surface area contributed by atoms with Gasteiger partial charge in [-0.1, -0.05) is 17.7 Å². The van der Waals surface area contributed by atoms with E-state index in [-0.39, 0.29) is 6.03 Å². The molecule has 5 nitrogen and oxygen atoms in total. The Morgan fingerprint density at radius 1 is 1.20 bits per heavy atom. The molecule has 2 heterocycles. The zero-order valence-electron chi connectivity index (χ0n) is 15.4.